The van der Waals surface area contributed by atoms with E-state index in [1.165, 1.54) is 0 Å². The number of rotatable bonds is 5. The Morgan fingerprint density at radius 3 is 2.83 bits per heavy atom. The van der Waals surface area contributed by atoms with Crippen molar-refractivity contribution in [2.24, 2.45) is 0 Å². The normalized spacial score (nSPS) is 16.6. The topological polar surface area (TPSA) is 76.8 Å². The Labute approximate surface area is 177 Å². The molecule has 0 radical (unpaired) electrons. The molecule has 1 fully saturated rings. The van der Waals surface area contributed by atoms with Crippen LogP contribution in [0.15, 0.2) is 36.9 Å². The molecule has 0 unspecified atom stereocenters. The van der Waals surface area contributed by atoms with E-state index >= 15 is 0 Å². The van der Waals surface area contributed by atoms with Crippen molar-refractivity contribution in [3.05, 3.63) is 59.7 Å². The van der Waals surface area contributed by atoms with Gasteiger partial charge in [-0.1, -0.05) is 6.92 Å². The zero-order valence-electron chi connectivity index (χ0n) is 17.9. The Bertz CT molecular complexity index is 1040. The molecule has 0 spiro atoms. The molecule has 30 heavy (non-hydrogen) atoms. The van der Waals surface area contributed by atoms with Gasteiger partial charge in [0.1, 0.15) is 11.5 Å². The maximum atomic E-state index is 13.4. The number of amides is 1. The predicted molar refractivity (Wildman–Crippen MR) is 115 cm³/mol. The lowest BCUT2D eigenvalue weighted by Crippen LogP contribution is -2.39. The number of nitrogens with zero attached hydrogens (tertiary/aromatic N) is 6. The van der Waals surface area contributed by atoms with Crippen LogP contribution in [-0.4, -0.2) is 42.1 Å². The largest absolute Gasteiger partial charge is 0.329 e. The number of hydrogen-bond donors (Lipinski definition) is 0. The number of likely N-dealkylation sites (tertiary alicyclic amines) is 1. The van der Waals surface area contributed by atoms with Crippen LogP contribution in [0.2, 0.25) is 0 Å². The van der Waals surface area contributed by atoms with Gasteiger partial charge in [0.2, 0.25) is 0 Å². The van der Waals surface area contributed by atoms with E-state index in [1.54, 1.807) is 6.20 Å². The molecule has 0 saturated carbocycles. The van der Waals surface area contributed by atoms with Crippen molar-refractivity contribution in [1.29, 1.82) is 0 Å². The summed E-state index contributed by atoms with van der Waals surface area (Å²) in [6, 6.07) is 3.73. The molecule has 1 aliphatic rings. The molecule has 0 aliphatic carbocycles. The minimum atomic E-state index is -0.0909. The van der Waals surface area contributed by atoms with E-state index in [0.29, 0.717) is 18.1 Å². The van der Waals surface area contributed by atoms with Crippen LogP contribution in [0.25, 0.3) is 11.1 Å². The van der Waals surface area contributed by atoms with E-state index in [2.05, 4.69) is 22.0 Å². The first-order valence-corrected chi connectivity index (χ1v) is 10.7. The third-order valence-corrected chi connectivity index (χ3v) is 5.64. The van der Waals surface area contributed by atoms with E-state index in [4.69, 9.17) is 4.98 Å². The van der Waals surface area contributed by atoms with Crippen molar-refractivity contribution in [3.63, 3.8) is 0 Å². The average Bonchev–Trinajstić information content (AvgIpc) is 3.23. The van der Waals surface area contributed by atoms with Crippen LogP contribution in [0.4, 0.5) is 0 Å². The first-order chi connectivity index (χ1) is 14.6. The fraction of sp³-hybridized carbons (Fsp3) is 0.435. The van der Waals surface area contributed by atoms with E-state index in [-0.39, 0.29) is 11.9 Å². The number of aromatic nitrogens is 5. The quantitative estimate of drug-likeness (QED) is 0.639. The number of carbonyl (C=O) groups is 1. The third kappa shape index (κ3) is 3.97. The van der Waals surface area contributed by atoms with Gasteiger partial charge in [0.15, 0.2) is 0 Å². The zero-order chi connectivity index (χ0) is 21.1. The van der Waals surface area contributed by atoms with Gasteiger partial charge in [0.25, 0.3) is 5.91 Å². The van der Waals surface area contributed by atoms with Crippen LogP contribution in [-0.2, 0) is 6.54 Å². The summed E-state index contributed by atoms with van der Waals surface area (Å²) in [6.07, 6.45) is 11.3. The van der Waals surface area contributed by atoms with Crippen LogP contribution in [0.3, 0.4) is 0 Å². The minimum absolute atomic E-state index is 0.0248. The first-order valence-electron chi connectivity index (χ1n) is 10.7. The molecule has 0 N–H and O–H groups in total. The second kappa shape index (κ2) is 8.73. The molecule has 7 nitrogen and oxygen atoms in total. The molecule has 0 bridgehead atoms. The first kappa shape index (κ1) is 20.2. The Hall–Kier alpha value is -3.09. The zero-order valence-corrected chi connectivity index (χ0v) is 17.9. The van der Waals surface area contributed by atoms with Gasteiger partial charge in [-0.3, -0.25) is 14.5 Å². The van der Waals surface area contributed by atoms with Crippen molar-refractivity contribution in [2.75, 3.05) is 6.54 Å². The van der Waals surface area contributed by atoms with Crippen LogP contribution >= 0.6 is 0 Å². The molecule has 1 saturated heterocycles. The van der Waals surface area contributed by atoms with Gasteiger partial charge in [-0.05, 0) is 62.8 Å². The van der Waals surface area contributed by atoms with Crippen molar-refractivity contribution >= 4 is 5.91 Å². The van der Waals surface area contributed by atoms with Gasteiger partial charge < -0.3 is 4.90 Å². The summed E-state index contributed by atoms with van der Waals surface area (Å²) in [5.74, 6) is 0.689. The van der Waals surface area contributed by atoms with Gasteiger partial charge in [0, 0.05) is 43.4 Å². The lowest BCUT2D eigenvalue weighted by Gasteiger charge is -2.36. The summed E-state index contributed by atoms with van der Waals surface area (Å²) in [5.41, 5.74) is 4.52. The number of aryl methyl sites for hydroxylation is 3. The molecular weight excluding hydrogens is 376 g/mol. The molecule has 1 amide bonds. The highest BCUT2D eigenvalue weighted by Crippen LogP contribution is 2.37. The monoisotopic (exact) mass is 404 g/mol. The van der Waals surface area contributed by atoms with E-state index in [1.807, 2.05) is 54.2 Å². The maximum absolute atomic E-state index is 13.4. The van der Waals surface area contributed by atoms with Gasteiger partial charge in [-0.15, -0.1) is 0 Å². The Morgan fingerprint density at radius 1 is 1.17 bits per heavy atom. The molecule has 0 aromatic carbocycles. The minimum Gasteiger partial charge on any atom is -0.329 e. The fourth-order valence-corrected chi connectivity index (χ4v) is 4.16. The molecule has 1 atom stereocenters. The molecule has 3 aromatic heterocycles. The van der Waals surface area contributed by atoms with Gasteiger partial charge >= 0.3 is 0 Å². The summed E-state index contributed by atoms with van der Waals surface area (Å²) in [4.78, 5) is 28.8. The Kier molecular flexibility index (Phi) is 5.88. The smallest absolute Gasteiger partial charge is 0.274 e. The lowest BCUT2D eigenvalue weighted by molar-refractivity contribution is 0.0599. The van der Waals surface area contributed by atoms with Crippen LogP contribution < -0.4 is 0 Å². The van der Waals surface area contributed by atoms with Crippen molar-refractivity contribution in [3.8, 4) is 11.1 Å². The summed E-state index contributed by atoms with van der Waals surface area (Å²) in [6.45, 7) is 7.56. The number of piperidine rings is 1. The summed E-state index contributed by atoms with van der Waals surface area (Å²) in [5, 5.41) is 4.50. The molecule has 7 heteroatoms. The predicted octanol–water partition coefficient (Wildman–Crippen LogP) is 4.13. The molecule has 4 heterocycles. The number of pyridine rings is 1. The highest BCUT2D eigenvalue weighted by Gasteiger charge is 2.33. The van der Waals surface area contributed by atoms with Crippen LogP contribution in [0, 0.1) is 13.8 Å². The van der Waals surface area contributed by atoms with Gasteiger partial charge in [-0.2, -0.15) is 5.10 Å². The number of hydrogen-bond acceptors (Lipinski definition) is 5. The second-order valence-corrected chi connectivity index (χ2v) is 7.88. The highest BCUT2D eigenvalue weighted by atomic mass is 16.2. The van der Waals surface area contributed by atoms with Crippen molar-refractivity contribution in [2.45, 2.75) is 59.0 Å². The number of carbonyl (C=O) groups excluding carboxylic acids is 1. The van der Waals surface area contributed by atoms with Crippen LogP contribution in [0.1, 0.15) is 66.2 Å². The SMILES string of the molecule is CCCn1ccc(C(=O)N2CCCC[C@H]2c2nc(C)ncc2-c2ccncc2C)n1. The van der Waals surface area contributed by atoms with E-state index in [9.17, 15) is 4.79 Å². The van der Waals surface area contributed by atoms with Crippen LogP contribution in [0.5, 0.6) is 0 Å². The molecular formula is C23H28N6O. The van der Waals surface area contributed by atoms with Crippen molar-refractivity contribution < 1.29 is 4.79 Å². The Morgan fingerprint density at radius 2 is 2.03 bits per heavy atom. The molecule has 1 aliphatic heterocycles. The fourth-order valence-electron chi connectivity index (χ4n) is 4.16. The summed E-state index contributed by atoms with van der Waals surface area (Å²) < 4.78 is 1.84. The van der Waals surface area contributed by atoms with E-state index in [0.717, 1.165) is 54.6 Å². The lowest BCUT2D eigenvalue weighted by atomic mass is 9.92. The maximum Gasteiger partial charge on any atom is 0.274 e. The standard InChI is InChI=1S/C23H28N6O/c1-4-11-28-13-9-20(27-28)23(30)29-12-6-5-7-21(29)22-19(15-25-17(3)26-22)18-8-10-24-14-16(18)2/h8-10,13-15,21H,4-7,11-12H2,1-3H3/t21-/m0/s1. The molecule has 4 rings (SSSR count). The summed E-state index contributed by atoms with van der Waals surface area (Å²) in [7, 11) is 0. The van der Waals surface area contributed by atoms with Gasteiger partial charge in [-0.25, -0.2) is 9.97 Å². The average molecular weight is 405 g/mol. The Balaban J connectivity index is 1.73. The van der Waals surface area contributed by atoms with Crippen molar-refractivity contribution in [1.82, 2.24) is 29.6 Å². The van der Waals surface area contributed by atoms with Gasteiger partial charge in [0.05, 0.1) is 11.7 Å². The van der Waals surface area contributed by atoms with E-state index < -0.39 is 0 Å². The third-order valence-electron chi connectivity index (χ3n) is 5.64. The summed E-state index contributed by atoms with van der Waals surface area (Å²) >= 11 is 0. The second-order valence-electron chi connectivity index (χ2n) is 7.88. The molecule has 156 valence electrons. The highest BCUT2D eigenvalue weighted by molar-refractivity contribution is 5.92. The molecule has 3 aromatic rings.